The third kappa shape index (κ3) is 4.48. The van der Waals surface area contributed by atoms with Crippen molar-refractivity contribution in [1.29, 1.82) is 0 Å². The van der Waals surface area contributed by atoms with Crippen molar-refractivity contribution in [2.75, 3.05) is 11.9 Å². The van der Waals surface area contributed by atoms with Crippen LogP contribution in [0.4, 0.5) is 19.3 Å². The second kappa shape index (κ2) is 8.54. The van der Waals surface area contributed by atoms with Crippen LogP contribution in [-0.2, 0) is 17.6 Å². The maximum absolute atomic E-state index is 14.4. The smallest absolute Gasteiger partial charge is 0.324 e. The highest BCUT2D eigenvalue weighted by molar-refractivity contribution is 9.10. The van der Waals surface area contributed by atoms with Gasteiger partial charge in [-0.1, -0.05) is 22.0 Å². The Bertz CT molecular complexity index is 1170. The van der Waals surface area contributed by atoms with E-state index in [2.05, 4.69) is 31.3 Å². The van der Waals surface area contributed by atoms with Crippen molar-refractivity contribution >= 4 is 33.6 Å². The SMILES string of the molecule is CN1C(=O)[C@@H](NC(=O)n2cc(Cc3cccc(F)n3)cn2)CCc2c(F)cc(Br)cc21. The number of anilines is 1. The molecule has 3 heterocycles. The Kier molecular flexibility index (Phi) is 5.81. The molecule has 2 aromatic heterocycles. The van der Waals surface area contributed by atoms with Gasteiger partial charge in [-0.05, 0) is 42.7 Å². The third-order valence-corrected chi connectivity index (χ3v) is 5.57. The van der Waals surface area contributed by atoms with Gasteiger partial charge in [0.25, 0.3) is 0 Å². The van der Waals surface area contributed by atoms with E-state index in [-0.39, 0.29) is 12.3 Å². The summed E-state index contributed by atoms with van der Waals surface area (Å²) in [6.07, 6.45) is 3.83. The molecule has 0 aliphatic carbocycles. The van der Waals surface area contributed by atoms with Crippen LogP contribution >= 0.6 is 15.9 Å². The molecule has 4 rings (SSSR count). The quantitative estimate of drug-likeness (QED) is 0.571. The Morgan fingerprint density at radius 1 is 1.32 bits per heavy atom. The van der Waals surface area contributed by atoms with E-state index in [9.17, 15) is 18.4 Å². The van der Waals surface area contributed by atoms with E-state index in [1.807, 2.05) is 0 Å². The minimum Gasteiger partial charge on any atom is -0.324 e. The van der Waals surface area contributed by atoms with Gasteiger partial charge in [-0.3, -0.25) is 4.79 Å². The number of pyridine rings is 1. The number of nitrogens with one attached hydrogen (secondary N) is 1. The zero-order chi connectivity index (χ0) is 22.1. The Morgan fingerprint density at radius 2 is 2.13 bits per heavy atom. The number of fused-ring (bicyclic) bond motifs is 1. The maximum atomic E-state index is 14.4. The van der Waals surface area contributed by atoms with Gasteiger partial charge in [0.1, 0.15) is 11.9 Å². The van der Waals surface area contributed by atoms with Crippen molar-refractivity contribution < 1.29 is 18.4 Å². The molecule has 0 fully saturated rings. The van der Waals surface area contributed by atoms with Gasteiger partial charge >= 0.3 is 6.03 Å². The molecule has 0 bridgehead atoms. The lowest BCUT2D eigenvalue weighted by atomic mass is 10.1. The fourth-order valence-corrected chi connectivity index (χ4v) is 3.99. The number of rotatable bonds is 3. The summed E-state index contributed by atoms with van der Waals surface area (Å²) in [5.41, 5.74) is 2.07. The molecule has 1 atom stereocenters. The Morgan fingerprint density at radius 3 is 2.90 bits per heavy atom. The van der Waals surface area contributed by atoms with E-state index in [4.69, 9.17) is 0 Å². The standard InChI is InChI=1S/C21H18BrF2N5O2/c1-28-18-9-13(22)8-16(23)15(18)5-6-17(20(28)30)27-21(31)29-11-12(10-25-29)7-14-3-2-4-19(24)26-14/h2-4,8-11,17H,5-7H2,1H3,(H,27,31)/t17-/m0/s1. The number of nitrogens with zero attached hydrogens (tertiary/aromatic N) is 4. The molecular formula is C21H18BrF2N5O2. The maximum Gasteiger partial charge on any atom is 0.342 e. The molecule has 2 amide bonds. The van der Waals surface area contributed by atoms with Crippen molar-refractivity contribution in [3.05, 3.63) is 75.8 Å². The van der Waals surface area contributed by atoms with E-state index in [0.717, 1.165) is 4.68 Å². The van der Waals surface area contributed by atoms with E-state index < -0.39 is 23.8 Å². The summed E-state index contributed by atoms with van der Waals surface area (Å²) in [7, 11) is 1.55. The molecule has 0 saturated carbocycles. The van der Waals surface area contributed by atoms with Crippen molar-refractivity contribution in [2.24, 2.45) is 0 Å². The molecule has 31 heavy (non-hydrogen) atoms. The van der Waals surface area contributed by atoms with Crippen LogP contribution in [0.25, 0.3) is 0 Å². The first-order chi connectivity index (χ1) is 14.8. The zero-order valence-electron chi connectivity index (χ0n) is 16.5. The number of benzene rings is 1. The lowest BCUT2D eigenvalue weighted by molar-refractivity contribution is -0.120. The van der Waals surface area contributed by atoms with Crippen LogP contribution in [0.3, 0.4) is 0 Å². The number of carbonyl (C=O) groups excluding carboxylic acids is 2. The van der Waals surface area contributed by atoms with Gasteiger partial charge in [0, 0.05) is 35.4 Å². The largest absolute Gasteiger partial charge is 0.342 e. The molecule has 0 saturated heterocycles. The van der Waals surface area contributed by atoms with Crippen molar-refractivity contribution in [2.45, 2.75) is 25.3 Å². The van der Waals surface area contributed by atoms with Crippen LogP contribution < -0.4 is 10.2 Å². The molecule has 10 heteroatoms. The number of carbonyl (C=O) groups is 2. The number of hydrogen-bond acceptors (Lipinski definition) is 4. The molecule has 1 aliphatic rings. The average molecular weight is 490 g/mol. The van der Waals surface area contributed by atoms with Crippen molar-refractivity contribution in [1.82, 2.24) is 20.1 Å². The Labute approximate surface area is 185 Å². The first kappa shape index (κ1) is 21.1. The summed E-state index contributed by atoms with van der Waals surface area (Å²) in [5, 5.41) is 6.70. The number of likely N-dealkylation sites (N-methyl/N-ethyl adjacent to an activating group) is 1. The summed E-state index contributed by atoms with van der Waals surface area (Å²) in [6, 6.07) is 6.11. The summed E-state index contributed by atoms with van der Waals surface area (Å²) in [6.45, 7) is 0. The summed E-state index contributed by atoms with van der Waals surface area (Å²) < 4.78 is 29.2. The van der Waals surface area contributed by atoms with Gasteiger partial charge in [-0.15, -0.1) is 0 Å². The summed E-state index contributed by atoms with van der Waals surface area (Å²) in [4.78, 5) is 30.7. The molecule has 0 spiro atoms. The van der Waals surface area contributed by atoms with Crippen LogP contribution in [0.2, 0.25) is 0 Å². The second-order valence-corrected chi connectivity index (χ2v) is 8.16. The number of hydrogen-bond donors (Lipinski definition) is 1. The van der Waals surface area contributed by atoms with E-state index in [1.54, 1.807) is 25.2 Å². The predicted octanol–water partition coefficient (Wildman–Crippen LogP) is 3.45. The molecule has 1 aromatic carbocycles. The minimum atomic E-state index is -0.833. The first-order valence-electron chi connectivity index (χ1n) is 9.53. The normalized spacial score (nSPS) is 16.1. The van der Waals surface area contributed by atoms with Crippen molar-refractivity contribution in [3.8, 4) is 0 Å². The monoisotopic (exact) mass is 489 g/mol. The van der Waals surface area contributed by atoms with Crippen LogP contribution in [0.15, 0.2) is 47.2 Å². The molecular weight excluding hydrogens is 472 g/mol. The number of aromatic nitrogens is 3. The lowest BCUT2D eigenvalue weighted by Gasteiger charge is -2.22. The highest BCUT2D eigenvalue weighted by atomic mass is 79.9. The average Bonchev–Trinajstić information content (AvgIpc) is 3.15. The van der Waals surface area contributed by atoms with Gasteiger partial charge in [0.15, 0.2) is 0 Å². The Balaban J connectivity index is 1.47. The Hall–Kier alpha value is -3.14. The van der Waals surface area contributed by atoms with Gasteiger partial charge in [0.2, 0.25) is 11.9 Å². The van der Waals surface area contributed by atoms with E-state index >= 15 is 0 Å². The molecule has 1 N–H and O–H groups in total. The number of halogens is 3. The van der Waals surface area contributed by atoms with Crippen molar-refractivity contribution in [3.63, 3.8) is 0 Å². The number of amides is 2. The van der Waals surface area contributed by atoms with Crippen LogP contribution in [0.5, 0.6) is 0 Å². The second-order valence-electron chi connectivity index (χ2n) is 7.24. The molecule has 0 radical (unpaired) electrons. The van der Waals surface area contributed by atoms with Gasteiger partial charge in [-0.25, -0.2) is 14.2 Å². The topological polar surface area (TPSA) is 80.1 Å². The first-order valence-corrected chi connectivity index (χ1v) is 10.3. The minimum absolute atomic E-state index is 0.252. The predicted molar refractivity (Wildman–Crippen MR) is 113 cm³/mol. The molecule has 7 nitrogen and oxygen atoms in total. The highest BCUT2D eigenvalue weighted by Gasteiger charge is 2.31. The zero-order valence-corrected chi connectivity index (χ0v) is 18.1. The fourth-order valence-electron chi connectivity index (χ4n) is 3.57. The molecule has 160 valence electrons. The third-order valence-electron chi connectivity index (χ3n) is 5.11. The molecule has 3 aromatic rings. The highest BCUT2D eigenvalue weighted by Crippen LogP contribution is 2.31. The summed E-state index contributed by atoms with van der Waals surface area (Å²) in [5.74, 6) is -1.33. The molecule has 1 aliphatic heterocycles. The van der Waals surface area contributed by atoms with Crippen LogP contribution in [0, 0.1) is 11.8 Å². The summed E-state index contributed by atoms with van der Waals surface area (Å²) >= 11 is 3.25. The van der Waals surface area contributed by atoms with E-state index in [1.165, 1.54) is 29.4 Å². The van der Waals surface area contributed by atoms with Gasteiger partial charge in [-0.2, -0.15) is 14.2 Å². The van der Waals surface area contributed by atoms with E-state index in [0.29, 0.717) is 39.8 Å². The lowest BCUT2D eigenvalue weighted by Crippen LogP contribution is -2.48. The molecule has 0 unspecified atom stereocenters. The van der Waals surface area contributed by atoms with Crippen LogP contribution in [0.1, 0.15) is 23.2 Å². The fraction of sp³-hybridized carbons (Fsp3) is 0.238. The van der Waals surface area contributed by atoms with Gasteiger partial charge in [0.05, 0.1) is 11.9 Å². The van der Waals surface area contributed by atoms with Gasteiger partial charge < -0.3 is 10.2 Å². The van der Waals surface area contributed by atoms with Crippen LogP contribution in [-0.4, -0.2) is 39.8 Å².